The van der Waals surface area contributed by atoms with E-state index in [9.17, 15) is 4.79 Å². The fourth-order valence-corrected chi connectivity index (χ4v) is 3.35. The molecule has 3 rings (SSSR count). The zero-order chi connectivity index (χ0) is 13.9. The monoisotopic (exact) mass is 288 g/mol. The number of hydrogen-bond acceptors (Lipinski definition) is 4. The Morgan fingerprint density at radius 2 is 2.20 bits per heavy atom. The molecule has 1 unspecified atom stereocenters. The number of methoxy groups -OCH3 is 1. The van der Waals surface area contributed by atoms with Gasteiger partial charge in [0, 0.05) is 23.7 Å². The minimum Gasteiger partial charge on any atom is -0.497 e. The Labute approximate surface area is 122 Å². The topological polar surface area (TPSA) is 42.4 Å². The van der Waals surface area contributed by atoms with Crippen molar-refractivity contribution in [2.75, 3.05) is 13.7 Å². The molecule has 104 valence electrons. The minimum absolute atomic E-state index is 0.0744. The molecule has 20 heavy (non-hydrogen) atoms. The third-order valence-corrected chi connectivity index (χ3v) is 4.46. The minimum atomic E-state index is 0.0744. The normalized spacial score (nSPS) is 18.2. The zero-order valence-electron chi connectivity index (χ0n) is 11.3. The first-order valence-electron chi connectivity index (χ1n) is 6.64. The fraction of sp³-hybridized carbons (Fsp3) is 0.333. The average molecular weight is 288 g/mol. The van der Waals surface area contributed by atoms with Gasteiger partial charge < -0.3 is 9.64 Å². The predicted octanol–water partition coefficient (Wildman–Crippen LogP) is 3.13. The summed E-state index contributed by atoms with van der Waals surface area (Å²) < 4.78 is 5.12. The number of likely N-dealkylation sites (tertiary alicyclic amines) is 1. The van der Waals surface area contributed by atoms with Gasteiger partial charge in [0.1, 0.15) is 10.8 Å². The number of ether oxygens (including phenoxy) is 1. The van der Waals surface area contributed by atoms with Crippen LogP contribution in [-0.2, 0) is 0 Å². The van der Waals surface area contributed by atoms with Gasteiger partial charge in [-0.2, -0.15) is 0 Å². The number of rotatable bonds is 3. The summed E-state index contributed by atoms with van der Waals surface area (Å²) in [6, 6.07) is 7.41. The molecule has 4 nitrogen and oxygen atoms in total. The van der Waals surface area contributed by atoms with Gasteiger partial charge in [-0.05, 0) is 37.1 Å². The summed E-state index contributed by atoms with van der Waals surface area (Å²) in [5, 5.41) is 2.99. The van der Waals surface area contributed by atoms with E-state index in [-0.39, 0.29) is 11.9 Å². The Hall–Kier alpha value is -1.88. The first kappa shape index (κ1) is 13.1. The van der Waals surface area contributed by atoms with Gasteiger partial charge in [-0.15, -0.1) is 11.3 Å². The van der Waals surface area contributed by atoms with Crippen molar-refractivity contribution in [1.29, 1.82) is 0 Å². The third-order valence-electron chi connectivity index (χ3n) is 3.59. The largest absolute Gasteiger partial charge is 0.497 e. The van der Waals surface area contributed by atoms with Gasteiger partial charge in [0.25, 0.3) is 5.91 Å². The van der Waals surface area contributed by atoms with Gasteiger partial charge in [-0.1, -0.05) is 0 Å². The molecule has 1 aromatic heterocycles. The van der Waals surface area contributed by atoms with Crippen LogP contribution in [0.15, 0.2) is 35.8 Å². The smallest absolute Gasteiger partial charge is 0.254 e. The molecule has 0 saturated carbocycles. The maximum absolute atomic E-state index is 12.6. The van der Waals surface area contributed by atoms with Crippen molar-refractivity contribution in [1.82, 2.24) is 9.88 Å². The van der Waals surface area contributed by atoms with E-state index in [0.29, 0.717) is 5.56 Å². The first-order valence-corrected chi connectivity index (χ1v) is 7.52. The molecule has 5 heteroatoms. The summed E-state index contributed by atoms with van der Waals surface area (Å²) in [5.74, 6) is 0.838. The van der Waals surface area contributed by atoms with Crippen molar-refractivity contribution in [3.05, 3.63) is 46.4 Å². The van der Waals surface area contributed by atoms with Gasteiger partial charge in [0.2, 0.25) is 0 Å². The van der Waals surface area contributed by atoms with E-state index < -0.39 is 0 Å². The molecule has 0 radical (unpaired) electrons. The Balaban J connectivity index is 1.81. The maximum atomic E-state index is 12.6. The SMILES string of the molecule is COc1ccc(C(=O)N2CCCC2c2nccs2)cc1. The van der Waals surface area contributed by atoms with E-state index in [4.69, 9.17) is 4.74 Å². The van der Waals surface area contributed by atoms with Crippen LogP contribution in [0.25, 0.3) is 0 Å². The van der Waals surface area contributed by atoms with E-state index in [1.807, 2.05) is 34.5 Å². The number of carbonyl (C=O) groups is 1. The molecule has 1 saturated heterocycles. The van der Waals surface area contributed by atoms with Crippen LogP contribution in [-0.4, -0.2) is 29.4 Å². The number of benzene rings is 1. The van der Waals surface area contributed by atoms with E-state index in [1.165, 1.54) is 0 Å². The summed E-state index contributed by atoms with van der Waals surface area (Å²) in [4.78, 5) is 18.9. The van der Waals surface area contributed by atoms with Crippen molar-refractivity contribution in [3.8, 4) is 5.75 Å². The number of thiazole rings is 1. The predicted molar refractivity (Wildman–Crippen MR) is 78.1 cm³/mol. The lowest BCUT2D eigenvalue weighted by Crippen LogP contribution is -2.30. The van der Waals surface area contributed by atoms with Crippen LogP contribution in [0.1, 0.15) is 34.2 Å². The molecular formula is C15H16N2O2S. The summed E-state index contributed by atoms with van der Waals surface area (Å²) in [6.07, 6.45) is 3.83. The summed E-state index contributed by atoms with van der Waals surface area (Å²) in [5.41, 5.74) is 0.703. The molecule has 1 aliphatic rings. The van der Waals surface area contributed by atoms with Crippen LogP contribution < -0.4 is 4.74 Å². The van der Waals surface area contributed by atoms with Crippen LogP contribution >= 0.6 is 11.3 Å². The molecular weight excluding hydrogens is 272 g/mol. The van der Waals surface area contributed by atoms with Crippen molar-refractivity contribution in [3.63, 3.8) is 0 Å². The van der Waals surface area contributed by atoms with E-state index >= 15 is 0 Å². The van der Waals surface area contributed by atoms with E-state index in [0.717, 1.165) is 30.1 Å². The van der Waals surface area contributed by atoms with Crippen LogP contribution in [0, 0.1) is 0 Å². The fourth-order valence-electron chi connectivity index (χ4n) is 2.56. The lowest BCUT2D eigenvalue weighted by atomic mass is 10.1. The Morgan fingerprint density at radius 1 is 1.40 bits per heavy atom. The number of amides is 1. The van der Waals surface area contributed by atoms with Crippen LogP contribution in [0.5, 0.6) is 5.75 Å². The van der Waals surface area contributed by atoms with Crippen LogP contribution in [0.2, 0.25) is 0 Å². The van der Waals surface area contributed by atoms with Crippen LogP contribution in [0.3, 0.4) is 0 Å². The molecule has 0 aliphatic carbocycles. The highest BCUT2D eigenvalue weighted by Gasteiger charge is 2.32. The molecule has 0 N–H and O–H groups in total. The van der Waals surface area contributed by atoms with E-state index in [1.54, 1.807) is 24.6 Å². The van der Waals surface area contributed by atoms with Crippen molar-refractivity contribution in [2.24, 2.45) is 0 Å². The van der Waals surface area contributed by atoms with Gasteiger partial charge in [0.05, 0.1) is 13.2 Å². The van der Waals surface area contributed by atoms with Crippen molar-refractivity contribution >= 4 is 17.2 Å². The molecule has 2 aromatic rings. The molecule has 0 bridgehead atoms. The molecule has 1 atom stereocenters. The molecule has 1 aliphatic heterocycles. The van der Waals surface area contributed by atoms with Crippen molar-refractivity contribution < 1.29 is 9.53 Å². The molecule has 1 aromatic carbocycles. The zero-order valence-corrected chi connectivity index (χ0v) is 12.1. The number of aromatic nitrogens is 1. The quantitative estimate of drug-likeness (QED) is 0.871. The van der Waals surface area contributed by atoms with Crippen molar-refractivity contribution in [2.45, 2.75) is 18.9 Å². The van der Waals surface area contributed by atoms with E-state index in [2.05, 4.69) is 4.98 Å². The second kappa shape index (κ2) is 5.63. The van der Waals surface area contributed by atoms with Gasteiger partial charge >= 0.3 is 0 Å². The number of hydrogen-bond donors (Lipinski definition) is 0. The third kappa shape index (κ3) is 2.41. The highest BCUT2D eigenvalue weighted by atomic mass is 32.1. The summed E-state index contributed by atoms with van der Waals surface area (Å²) in [6.45, 7) is 0.801. The highest BCUT2D eigenvalue weighted by Crippen LogP contribution is 2.34. The van der Waals surface area contributed by atoms with Gasteiger partial charge in [0.15, 0.2) is 0 Å². The molecule has 1 fully saturated rings. The lowest BCUT2D eigenvalue weighted by Gasteiger charge is -2.23. The Bertz CT molecular complexity index is 580. The summed E-state index contributed by atoms with van der Waals surface area (Å²) >= 11 is 1.62. The summed E-state index contributed by atoms with van der Waals surface area (Å²) in [7, 11) is 1.62. The molecule has 2 heterocycles. The second-order valence-corrected chi connectivity index (χ2v) is 5.68. The van der Waals surface area contributed by atoms with Gasteiger partial charge in [-0.3, -0.25) is 4.79 Å². The number of nitrogens with zero attached hydrogens (tertiary/aromatic N) is 2. The standard InChI is InChI=1S/C15H16N2O2S/c1-19-12-6-4-11(5-7-12)15(18)17-9-2-3-13(17)14-16-8-10-20-14/h4-8,10,13H,2-3,9H2,1H3. The first-order chi connectivity index (χ1) is 9.79. The maximum Gasteiger partial charge on any atom is 0.254 e. The Morgan fingerprint density at radius 3 is 2.85 bits per heavy atom. The Kier molecular flexibility index (Phi) is 3.69. The molecule has 0 spiro atoms. The molecule has 1 amide bonds. The second-order valence-electron chi connectivity index (χ2n) is 4.76. The average Bonchev–Trinajstić information content (AvgIpc) is 3.16. The highest BCUT2D eigenvalue weighted by molar-refractivity contribution is 7.09. The van der Waals surface area contributed by atoms with Crippen LogP contribution in [0.4, 0.5) is 0 Å². The lowest BCUT2D eigenvalue weighted by molar-refractivity contribution is 0.0735. The van der Waals surface area contributed by atoms with Gasteiger partial charge in [-0.25, -0.2) is 4.98 Å². The number of carbonyl (C=O) groups excluding carboxylic acids is 1.